The van der Waals surface area contributed by atoms with E-state index < -0.39 is 11.9 Å². The van der Waals surface area contributed by atoms with Crippen LogP contribution in [0, 0.1) is 5.92 Å². The number of carbonyl (C=O) groups is 2. The van der Waals surface area contributed by atoms with E-state index in [9.17, 15) is 9.59 Å². The molecule has 1 aliphatic carbocycles. The molecule has 0 aromatic carbocycles. The molecule has 5 nitrogen and oxygen atoms in total. The number of hydrogen-bond acceptors (Lipinski definition) is 3. The summed E-state index contributed by atoms with van der Waals surface area (Å²) in [5.41, 5.74) is 1.10. The Balaban J connectivity index is 1.98. The Morgan fingerprint density at radius 1 is 1.62 bits per heavy atom. The lowest BCUT2D eigenvalue weighted by atomic mass is 9.94. The van der Waals surface area contributed by atoms with Crippen LogP contribution >= 0.6 is 22.9 Å². The summed E-state index contributed by atoms with van der Waals surface area (Å²) >= 11 is 7.62. The smallest absolute Gasteiger partial charge is 0.317 e. The van der Waals surface area contributed by atoms with Crippen LogP contribution in [0.3, 0.4) is 0 Å². The fourth-order valence-corrected chi connectivity index (χ4v) is 3.89. The largest absolute Gasteiger partial charge is 0.481 e. The van der Waals surface area contributed by atoms with Crippen LogP contribution in [0.4, 0.5) is 4.79 Å². The Bertz CT molecular complexity index is 546. The second kappa shape index (κ2) is 6.66. The van der Waals surface area contributed by atoms with Gasteiger partial charge in [0.2, 0.25) is 0 Å². The molecule has 0 saturated heterocycles. The number of halogens is 1. The van der Waals surface area contributed by atoms with E-state index in [4.69, 9.17) is 16.7 Å². The monoisotopic (exact) mass is 330 g/mol. The van der Waals surface area contributed by atoms with E-state index in [2.05, 4.69) is 5.32 Å². The average molecular weight is 331 g/mol. The van der Waals surface area contributed by atoms with E-state index in [1.165, 1.54) is 9.78 Å². The zero-order valence-corrected chi connectivity index (χ0v) is 13.6. The van der Waals surface area contributed by atoms with Gasteiger partial charge in [0.25, 0.3) is 0 Å². The fraction of sp³-hybridized carbons (Fsp3) is 0.571. The van der Waals surface area contributed by atoms with E-state index >= 15 is 0 Å². The molecule has 0 saturated carbocycles. The van der Waals surface area contributed by atoms with Gasteiger partial charge in [-0.2, -0.15) is 0 Å². The molecule has 7 heteroatoms. The van der Waals surface area contributed by atoms with Gasteiger partial charge in [0.15, 0.2) is 0 Å². The number of nitrogens with one attached hydrogen (secondary N) is 1. The summed E-state index contributed by atoms with van der Waals surface area (Å²) in [6.45, 7) is 1.77. The van der Waals surface area contributed by atoms with Gasteiger partial charge in [-0.15, -0.1) is 11.3 Å². The van der Waals surface area contributed by atoms with E-state index in [-0.39, 0.29) is 18.6 Å². The Morgan fingerprint density at radius 3 is 3.00 bits per heavy atom. The van der Waals surface area contributed by atoms with Gasteiger partial charge in [-0.1, -0.05) is 18.5 Å². The lowest BCUT2D eigenvalue weighted by Crippen LogP contribution is -2.42. The zero-order chi connectivity index (χ0) is 15.6. The molecule has 2 N–H and O–H groups in total. The first-order chi connectivity index (χ1) is 9.88. The van der Waals surface area contributed by atoms with Gasteiger partial charge in [-0.25, -0.2) is 4.79 Å². The van der Waals surface area contributed by atoms with Gasteiger partial charge in [0.1, 0.15) is 0 Å². The van der Waals surface area contributed by atoms with E-state index in [1.807, 2.05) is 6.07 Å². The third-order valence-corrected chi connectivity index (χ3v) is 5.04. The number of thiophene rings is 1. The maximum Gasteiger partial charge on any atom is 0.317 e. The van der Waals surface area contributed by atoms with Gasteiger partial charge >= 0.3 is 12.0 Å². The molecule has 2 rings (SSSR count). The molecule has 2 atom stereocenters. The maximum absolute atomic E-state index is 12.2. The van der Waals surface area contributed by atoms with Crippen molar-refractivity contribution in [3.8, 4) is 0 Å². The van der Waals surface area contributed by atoms with Crippen LogP contribution in [-0.4, -0.2) is 35.6 Å². The summed E-state index contributed by atoms with van der Waals surface area (Å²) in [6.07, 6.45) is 2.91. The third-order valence-electron chi connectivity index (χ3n) is 3.70. The summed E-state index contributed by atoms with van der Waals surface area (Å²) < 4.78 is 0.744. The van der Waals surface area contributed by atoms with Crippen molar-refractivity contribution in [3.63, 3.8) is 0 Å². The second-order valence-corrected chi connectivity index (χ2v) is 7.21. The van der Waals surface area contributed by atoms with Gasteiger partial charge in [-0.05, 0) is 30.9 Å². The highest BCUT2D eigenvalue weighted by Crippen LogP contribution is 2.37. The van der Waals surface area contributed by atoms with Crippen molar-refractivity contribution in [3.05, 3.63) is 20.8 Å². The van der Waals surface area contributed by atoms with Gasteiger partial charge in [-0.3, -0.25) is 4.79 Å². The number of carboxylic acids is 1. The summed E-state index contributed by atoms with van der Waals surface area (Å²) in [5.74, 6) is -1.49. The average Bonchev–Trinajstić information content (AvgIpc) is 2.79. The minimum absolute atomic E-state index is 0.0346. The highest BCUT2D eigenvalue weighted by molar-refractivity contribution is 7.16. The topological polar surface area (TPSA) is 69.6 Å². The maximum atomic E-state index is 12.2. The number of carboxylic acid groups (broad SMARTS) is 1. The van der Waals surface area contributed by atoms with Gasteiger partial charge in [0.05, 0.1) is 16.3 Å². The Morgan fingerprint density at radius 2 is 2.33 bits per heavy atom. The predicted molar refractivity (Wildman–Crippen MR) is 83.0 cm³/mol. The zero-order valence-electron chi connectivity index (χ0n) is 12.1. The molecular formula is C14H19ClN2O3S. The van der Waals surface area contributed by atoms with Crippen LogP contribution in [0.5, 0.6) is 0 Å². The molecule has 0 aliphatic heterocycles. The third kappa shape index (κ3) is 3.89. The number of fused-ring (bicyclic) bond motifs is 1. The van der Waals surface area contributed by atoms with Crippen LogP contribution in [0.25, 0.3) is 0 Å². The summed E-state index contributed by atoms with van der Waals surface area (Å²) in [6, 6.07) is 1.64. The number of nitrogens with zero attached hydrogens (tertiary/aromatic N) is 1. The highest BCUT2D eigenvalue weighted by atomic mass is 35.5. The minimum Gasteiger partial charge on any atom is -0.481 e. The van der Waals surface area contributed by atoms with Gasteiger partial charge < -0.3 is 15.3 Å². The Hall–Kier alpha value is -1.27. The van der Waals surface area contributed by atoms with Crippen molar-refractivity contribution in [1.82, 2.24) is 10.2 Å². The standard InChI is InChI=1S/C14H19ClN2O3S/c1-8(13(18)19)7-17(2)14(20)16-10-4-3-5-11-9(10)6-12(15)21-11/h6,8,10H,3-5,7H2,1-2H3,(H,16,20)(H,18,19). The number of carbonyl (C=O) groups excluding carboxylic acids is 1. The molecule has 1 aromatic heterocycles. The molecule has 0 radical (unpaired) electrons. The lowest BCUT2D eigenvalue weighted by Gasteiger charge is -2.27. The number of aliphatic carboxylic acids is 1. The number of hydrogen-bond donors (Lipinski definition) is 2. The number of urea groups is 1. The number of rotatable bonds is 4. The normalized spacial score (nSPS) is 18.7. The van der Waals surface area contributed by atoms with Crippen molar-refractivity contribution in [2.45, 2.75) is 32.2 Å². The van der Waals surface area contributed by atoms with E-state index in [0.29, 0.717) is 0 Å². The summed E-state index contributed by atoms with van der Waals surface area (Å²) in [7, 11) is 1.61. The second-order valence-electron chi connectivity index (χ2n) is 5.44. The molecule has 0 bridgehead atoms. The molecule has 0 spiro atoms. The van der Waals surface area contributed by atoms with E-state index in [0.717, 1.165) is 29.2 Å². The van der Waals surface area contributed by atoms with Crippen molar-refractivity contribution in [2.75, 3.05) is 13.6 Å². The molecule has 1 heterocycles. The SMILES string of the molecule is CC(CN(C)C(=O)NC1CCCc2sc(Cl)cc21)C(=O)O. The Kier molecular flexibility index (Phi) is 5.11. The first-order valence-electron chi connectivity index (χ1n) is 6.91. The first-order valence-corrected chi connectivity index (χ1v) is 8.10. The molecule has 0 fully saturated rings. The minimum atomic E-state index is -0.904. The van der Waals surface area contributed by atoms with Crippen LogP contribution in [0.15, 0.2) is 6.07 Å². The van der Waals surface area contributed by atoms with Crippen molar-refractivity contribution >= 4 is 34.9 Å². The predicted octanol–water partition coefficient (Wildman–Crippen LogP) is 3.14. The molecule has 1 aromatic rings. The van der Waals surface area contributed by atoms with Crippen LogP contribution in [-0.2, 0) is 11.2 Å². The first kappa shape index (κ1) is 16.1. The van der Waals surface area contributed by atoms with Crippen molar-refractivity contribution in [1.29, 1.82) is 0 Å². The molecule has 21 heavy (non-hydrogen) atoms. The molecule has 2 unspecified atom stereocenters. The van der Waals surface area contributed by atoms with E-state index in [1.54, 1.807) is 25.3 Å². The van der Waals surface area contributed by atoms with Crippen molar-refractivity contribution < 1.29 is 14.7 Å². The number of aryl methyl sites for hydroxylation is 1. The van der Waals surface area contributed by atoms with Crippen LogP contribution in [0.2, 0.25) is 4.34 Å². The van der Waals surface area contributed by atoms with Crippen molar-refractivity contribution in [2.24, 2.45) is 5.92 Å². The quantitative estimate of drug-likeness (QED) is 0.891. The Labute approximate surface area is 132 Å². The molecular weight excluding hydrogens is 312 g/mol. The molecule has 116 valence electrons. The molecule has 2 amide bonds. The summed E-state index contributed by atoms with van der Waals surface area (Å²) in [4.78, 5) is 25.7. The van der Waals surface area contributed by atoms with Gasteiger partial charge in [0, 0.05) is 18.5 Å². The number of amides is 2. The molecule has 1 aliphatic rings. The van der Waals surface area contributed by atoms with Crippen LogP contribution in [0.1, 0.15) is 36.2 Å². The highest BCUT2D eigenvalue weighted by Gasteiger charge is 2.26. The van der Waals surface area contributed by atoms with Crippen LogP contribution < -0.4 is 5.32 Å². The lowest BCUT2D eigenvalue weighted by molar-refractivity contribution is -0.141. The fourth-order valence-electron chi connectivity index (χ4n) is 2.50. The summed E-state index contributed by atoms with van der Waals surface area (Å²) in [5, 5.41) is 11.9.